The van der Waals surface area contributed by atoms with Crippen molar-refractivity contribution in [3.8, 4) is 0 Å². The highest BCUT2D eigenvalue weighted by Crippen LogP contribution is 2.24. The third-order valence-corrected chi connectivity index (χ3v) is 7.52. The lowest BCUT2D eigenvalue weighted by molar-refractivity contribution is 0.0519. The van der Waals surface area contributed by atoms with E-state index in [1.165, 1.54) is 77.0 Å². The summed E-state index contributed by atoms with van der Waals surface area (Å²) < 4.78 is 12.1. The van der Waals surface area contributed by atoms with E-state index in [0.717, 1.165) is 63.2 Å². The Morgan fingerprint density at radius 2 is 0.938 bits per heavy atom. The lowest BCUT2D eigenvalue weighted by Crippen LogP contribution is -2.28. The van der Waals surface area contributed by atoms with Crippen LogP contribution in [0.3, 0.4) is 0 Å². The van der Waals surface area contributed by atoms with E-state index in [2.05, 4.69) is 53.5 Å². The fraction of sp³-hybridized carbons (Fsp3) is 1.00. The van der Waals surface area contributed by atoms with Crippen LogP contribution in [0.4, 0.5) is 0 Å². The molecule has 0 aromatic carbocycles. The van der Waals surface area contributed by atoms with Gasteiger partial charge in [0.2, 0.25) is 0 Å². The smallest absolute Gasteiger partial charge is 0.0593 e. The van der Waals surface area contributed by atoms with Gasteiger partial charge in [-0.05, 0) is 43.6 Å². The maximum absolute atomic E-state index is 6.07. The summed E-state index contributed by atoms with van der Waals surface area (Å²) in [4.78, 5) is 2.36. The zero-order valence-electron chi connectivity index (χ0n) is 23.3. The van der Waals surface area contributed by atoms with Crippen LogP contribution < -0.4 is 0 Å². The van der Waals surface area contributed by atoms with Gasteiger partial charge in [-0.1, -0.05) is 106 Å². The maximum Gasteiger partial charge on any atom is 0.0593 e. The summed E-state index contributed by atoms with van der Waals surface area (Å²) >= 11 is 0. The summed E-state index contributed by atoms with van der Waals surface area (Å²) in [6, 6.07) is 0. The van der Waals surface area contributed by atoms with Crippen LogP contribution in [0.25, 0.3) is 0 Å². The van der Waals surface area contributed by atoms with Crippen molar-refractivity contribution in [1.82, 2.24) is 4.90 Å². The van der Waals surface area contributed by atoms with Crippen LogP contribution in [0, 0.1) is 23.7 Å². The first kappa shape index (κ1) is 31.9. The van der Waals surface area contributed by atoms with E-state index in [9.17, 15) is 0 Å². The molecule has 0 aliphatic rings. The van der Waals surface area contributed by atoms with Crippen LogP contribution in [0.1, 0.15) is 119 Å². The minimum Gasteiger partial charge on any atom is -0.380 e. The van der Waals surface area contributed by atoms with Gasteiger partial charge in [0.25, 0.3) is 0 Å². The molecule has 4 atom stereocenters. The zero-order chi connectivity index (χ0) is 24.0. The van der Waals surface area contributed by atoms with E-state index < -0.39 is 0 Å². The highest BCUT2D eigenvalue weighted by atomic mass is 16.5. The Morgan fingerprint density at radius 3 is 1.25 bits per heavy atom. The van der Waals surface area contributed by atoms with Gasteiger partial charge in [-0.25, -0.2) is 0 Å². The molecule has 0 saturated carbocycles. The van der Waals surface area contributed by atoms with Crippen molar-refractivity contribution in [2.45, 2.75) is 119 Å². The Kier molecular flexibility index (Phi) is 22.6. The van der Waals surface area contributed by atoms with Crippen molar-refractivity contribution < 1.29 is 9.47 Å². The summed E-state index contributed by atoms with van der Waals surface area (Å²) in [6.07, 6.45) is 16.0. The molecule has 0 aromatic rings. The van der Waals surface area contributed by atoms with Crippen LogP contribution in [0.2, 0.25) is 0 Å². The molecule has 32 heavy (non-hydrogen) atoms. The molecular formula is C29H61NO2. The summed E-state index contributed by atoms with van der Waals surface area (Å²) in [6.45, 7) is 19.5. The summed E-state index contributed by atoms with van der Waals surface area (Å²) in [5.74, 6) is 3.21. The summed E-state index contributed by atoms with van der Waals surface area (Å²) in [5.41, 5.74) is 0. The van der Waals surface area contributed by atoms with Crippen molar-refractivity contribution in [2.75, 3.05) is 46.6 Å². The Bertz CT molecular complexity index is 342. The average Bonchev–Trinajstić information content (AvgIpc) is 2.81. The van der Waals surface area contributed by atoms with Gasteiger partial charge in [0.05, 0.1) is 13.2 Å². The highest BCUT2D eigenvalue weighted by molar-refractivity contribution is 4.66. The molecule has 0 aromatic heterocycles. The van der Waals surface area contributed by atoms with Crippen LogP contribution in [-0.2, 0) is 9.47 Å². The Labute approximate surface area is 203 Å². The molecule has 0 aliphatic carbocycles. The first-order valence-electron chi connectivity index (χ1n) is 14.4. The van der Waals surface area contributed by atoms with E-state index in [-0.39, 0.29) is 0 Å². The molecule has 194 valence electrons. The molecule has 0 bridgehead atoms. The van der Waals surface area contributed by atoms with E-state index in [1.54, 1.807) is 0 Å². The van der Waals surface area contributed by atoms with Gasteiger partial charge >= 0.3 is 0 Å². The fourth-order valence-electron chi connectivity index (χ4n) is 4.66. The Balaban J connectivity index is 3.93. The minimum atomic E-state index is 0.723. The lowest BCUT2D eigenvalue weighted by Gasteiger charge is -2.23. The molecule has 0 unspecified atom stereocenters. The van der Waals surface area contributed by atoms with Gasteiger partial charge in [-0.3, -0.25) is 0 Å². The van der Waals surface area contributed by atoms with Crippen LogP contribution >= 0.6 is 0 Å². The van der Waals surface area contributed by atoms with E-state index in [1.807, 2.05) is 0 Å². The van der Waals surface area contributed by atoms with E-state index >= 15 is 0 Å². The Morgan fingerprint density at radius 1 is 0.562 bits per heavy atom. The number of rotatable bonds is 24. The molecule has 0 rings (SSSR count). The predicted octanol–water partition coefficient (Wildman–Crippen LogP) is 8.22. The van der Waals surface area contributed by atoms with Crippen LogP contribution in [-0.4, -0.2) is 51.5 Å². The second kappa shape index (κ2) is 22.7. The van der Waals surface area contributed by atoms with Crippen molar-refractivity contribution in [3.05, 3.63) is 0 Å². The van der Waals surface area contributed by atoms with Crippen molar-refractivity contribution in [2.24, 2.45) is 23.7 Å². The molecule has 0 saturated heterocycles. The monoisotopic (exact) mass is 455 g/mol. The minimum absolute atomic E-state index is 0.723. The van der Waals surface area contributed by atoms with E-state index in [4.69, 9.17) is 9.47 Å². The predicted molar refractivity (Wildman–Crippen MR) is 143 cm³/mol. The third kappa shape index (κ3) is 17.4. The maximum atomic E-state index is 6.07. The van der Waals surface area contributed by atoms with Gasteiger partial charge in [-0.15, -0.1) is 0 Å². The Hall–Kier alpha value is -0.120. The number of hydrogen-bond donors (Lipinski definition) is 0. The molecule has 0 spiro atoms. The molecule has 3 nitrogen and oxygen atoms in total. The third-order valence-electron chi connectivity index (χ3n) is 7.52. The average molecular weight is 456 g/mol. The lowest BCUT2D eigenvalue weighted by atomic mass is 9.88. The van der Waals surface area contributed by atoms with Crippen molar-refractivity contribution in [3.63, 3.8) is 0 Å². The first-order valence-corrected chi connectivity index (χ1v) is 14.4. The molecule has 0 radical (unpaired) electrons. The number of hydrogen-bond acceptors (Lipinski definition) is 3. The van der Waals surface area contributed by atoms with Crippen LogP contribution in [0.5, 0.6) is 0 Å². The van der Waals surface area contributed by atoms with Crippen molar-refractivity contribution >= 4 is 0 Å². The van der Waals surface area contributed by atoms with Gasteiger partial charge < -0.3 is 14.4 Å². The number of nitrogens with zero attached hydrogens (tertiary/aromatic N) is 1. The standard InChI is InChI=1S/C29H61NO2/c1-8-14-16-26(10-3)22-28(12-5)24-31-20-18-30(7)19-21-32-25-29(13-6)23-27(11-4)17-15-9-2/h26-29H,8-25H2,1-7H3/t26-,27+,28-,29-/m0/s1. The SMILES string of the molecule is CCCC[C@@H](CC)C[C@H](CC)COCCN(C)CCOC[C@@H](CC)C[C@@H](CC)CCCC. The van der Waals surface area contributed by atoms with E-state index in [0.29, 0.717) is 0 Å². The molecule has 0 N–H and O–H groups in total. The summed E-state index contributed by atoms with van der Waals surface area (Å²) in [7, 11) is 2.19. The number of ether oxygens (including phenoxy) is 2. The van der Waals surface area contributed by atoms with Crippen LogP contribution in [0.15, 0.2) is 0 Å². The first-order chi connectivity index (χ1) is 15.5. The highest BCUT2D eigenvalue weighted by Gasteiger charge is 2.15. The van der Waals surface area contributed by atoms with Crippen molar-refractivity contribution in [1.29, 1.82) is 0 Å². The normalized spacial score (nSPS) is 15.8. The fourth-order valence-corrected chi connectivity index (χ4v) is 4.66. The molecular weight excluding hydrogens is 394 g/mol. The second-order valence-electron chi connectivity index (χ2n) is 10.3. The summed E-state index contributed by atoms with van der Waals surface area (Å²) in [5, 5.41) is 0. The topological polar surface area (TPSA) is 21.7 Å². The molecule has 3 heteroatoms. The second-order valence-corrected chi connectivity index (χ2v) is 10.3. The largest absolute Gasteiger partial charge is 0.380 e. The molecule has 0 aliphatic heterocycles. The molecule has 0 amide bonds. The quantitative estimate of drug-likeness (QED) is 0.137. The molecule has 0 heterocycles. The molecule has 0 fully saturated rings. The number of likely N-dealkylation sites (N-methyl/N-ethyl adjacent to an activating group) is 1. The zero-order valence-corrected chi connectivity index (χ0v) is 23.3. The van der Waals surface area contributed by atoms with Gasteiger partial charge in [0, 0.05) is 26.3 Å². The van der Waals surface area contributed by atoms with Gasteiger partial charge in [-0.2, -0.15) is 0 Å². The number of unbranched alkanes of at least 4 members (excludes halogenated alkanes) is 2. The van der Waals surface area contributed by atoms with Gasteiger partial charge in [0.1, 0.15) is 0 Å². The van der Waals surface area contributed by atoms with Gasteiger partial charge in [0.15, 0.2) is 0 Å².